The van der Waals surface area contributed by atoms with Gasteiger partial charge in [-0.25, -0.2) is 14.4 Å². The molecular weight excluding hydrogens is 331 g/mol. The van der Waals surface area contributed by atoms with Gasteiger partial charge in [0.1, 0.15) is 5.82 Å². The highest BCUT2D eigenvalue weighted by Crippen LogP contribution is 2.25. The zero-order valence-corrected chi connectivity index (χ0v) is 14.5. The lowest BCUT2D eigenvalue weighted by Gasteiger charge is -2.13. The lowest BCUT2D eigenvalue weighted by atomic mass is 10.0. The second-order valence-corrected chi connectivity index (χ2v) is 6.10. The van der Waals surface area contributed by atoms with E-state index >= 15 is 0 Å². The van der Waals surface area contributed by atoms with Gasteiger partial charge in [-0.05, 0) is 29.7 Å². The zero-order chi connectivity index (χ0) is 18.5. The smallest absolute Gasteiger partial charge is 0.258 e. The number of halogens is 1. The largest absolute Gasteiger partial charge is 0.324 e. The van der Waals surface area contributed by atoms with Crippen molar-refractivity contribution >= 4 is 23.2 Å². The Labute approximate surface area is 151 Å². The number of nitrogens with zero attached hydrogens (tertiary/aromatic N) is 2. The first-order chi connectivity index (χ1) is 12.5. The normalized spacial score (nSPS) is 10.6. The fourth-order valence-electron chi connectivity index (χ4n) is 2.50. The Morgan fingerprint density at radius 2 is 1.58 bits per heavy atom. The van der Waals surface area contributed by atoms with Crippen molar-refractivity contribution in [2.75, 3.05) is 10.6 Å². The lowest BCUT2D eigenvalue weighted by molar-refractivity contribution is 0.102. The Kier molecular flexibility index (Phi) is 5.22. The standard InChI is InChI=1S/C20H19FN4O/c1-13(2)15-7-3-5-9-17(15)25-20-22-11-14(12-23-20)19(26)24-18-10-6-4-8-16(18)21/h3-13H,1-2H3,(H,24,26)(H,22,23,25). The SMILES string of the molecule is CC(C)c1ccccc1Nc1ncc(C(=O)Nc2ccccc2F)cn1. The van der Waals surface area contributed by atoms with Crippen LogP contribution in [0.3, 0.4) is 0 Å². The van der Waals surface area contributed by atoms with Crippen LogP contribution in [-0.2, 0) is 0 Å². The molecule has 6 heteroatoms. The highest BCUT2D eigenvalue weighted by Gasteiger charge is 2.11. The van der Waals surface area contributed by atoms with Crippen LogP contribution >= 0.6 is 0 Å². The molecular formula is C20H19FN4O. The summed E-state index contributed by atoms with van der Waals surface area (Å²) < 4.78 is 13.6. The molecule has 1 heterocycles. The van der Waals surface area contributed by atoms with Crippen LogP contribution in [0.1, 0.15) is 35.7 Å². The van der Waals surface area contributed by atoms with E-state index in [1.165, 1.54) is 24.5 Å². The van der Waals surface area contributed by atoms with E-state index in [0.717, 1.165) is 11.3 Å². The van der Waals surface area contributed by atoms with Crippen LogP contribution < -0.4 is 10.6 Å². The number of hydrogen-bond donors (Lipinski definition) is 2. The molecule has 0 atom stereocenters. The maximum absolute atomic E-state index is 13.6. The number of carbonyl (C=O) groups is 1. The second kappa shape index (κ2) is 7.74. The molecule has 0 unspecified atom stereocenters. The molecule has 0 saturated heterocycles. The summed E-state index contributed by atoms with van der Waals surface area (Å²) in [6.45, 7) is 4.22. The number of benzene rings is 2. The van der Waals surface area contributed by atoms with Crippen LogP contribution in [0, 0.1) is 5.82 Å². The molecule has 5 nitrogen and oxygen atoms in total. The van der Waals surface area contributed by atoms with Gasteiger partial charge < -0.3 is 10.6 Å². The van der Waals surface area contributed by atoms with E-state index in [-0.39, 0.29) is 11.3 Å². The van der Waals surface area contributed by atoms with Crippen LogP contribution in [0.5, 0.6) is 0 Å². The van der Waals surface area contributed by atoms with Crippen molar-refractivity contribution in [1.29, 1.82) is 0 Å². The van der Waals surface area contributed by atoms with Crippen molar-refractivity contribution in [3.8, 4) is 0 Å². The zero-order valence-electron chi connectivity index (χ0n) is 14.5. The van der Waals surface area contributed by atoms with E-state index in [0.29, 0.717) is 11.9 Å². The van der Waals surface area contributed by atoms with Gasteiger partial charge in [0.15, 0.2) is 0 Å². The Morgan fingerprint density at radius 3 is 2.23 bits per heavy atom. The van der Waals surface area contributed by atoms with Gasteiger partial charge in [-0.1, -0.05) is 44.2 Å². The number of nitrogens with one attached hydrogen (secondary N) is 2. The first-order valence-electron chi connectivity index (χ1n) is 8.28. The van der Waals surface area contributed by atoms with Crippen molar-refractivity contribution in [3.05, 3.63) is 77.9 Å². The first kappa shape index (κ1) is 17.5. The predicted octanol–water partition coefficient (Wildman–Crippen LogP) is 4.74. The molecule has 0 saturated carbocycles. The minimum absolute atomic E-state index is 0.116. The van der Waals surface area contributed by atoms with Gasteiger partial charge in [-0.3, -0.25) is 4.79 Å². The fraction of sp³-hybridized carbons (Fsp3) is 0.150. The maximum atomic E-state index is 13.6. The minimum Gasteiger partial charge on any atom is -0.324 e. The molecule has 3 rings (SSSR count). The number of anilines is 3. The van der Waals surface area contributed by atoms with Crippen LogP contribution in [0.2, 0.25) is 0 Å². The summed E-state index contributed by atoms with van der Waals surface area (Å²) in [4.78, 5) is 20.6. The lowest BCUT2D eigenvalue weighted by Crippen LogP contribution is -2.14. The summed E-state index contributed by atoms with van der Waals surface area (Å²) in [5.41, 5.74) is 2.44. The monoisotopic (exact) mass is 350 g/mol. The molecule has 3 aromatic rings. The third kappa shape index (κ3) is 4.03. The Bertz CT molecular complexity index is 910. The predicted molar refractivity (Wildman–Crippen MR) is 100 cm³/mol. The van der Waals surface area contributed by atoms with Gasteiger partial charge in [-0.15, -0.1) is 0 Å². The molecule has 0 aliphatic carbocycles. The van der Waals surface area contributed by atoms with Crippen molar-refractivity contribution in [2.45, 2.75) is 19.8 Å². The summed E-state index contributed by atoms with van der Waals surface area (Å²) >= 11 is 0. The maximum Gasteiger partial charge on any atom is 0.258 e. The van der Waals surface area contributed by atoms with Gasteiger partial charge in [0.25, 0.3) is 5.91 Å². The van der Waals surface area contributed by atoms with Crippen molar-refractivity contribution in [1.82, 2.24) is 9.97 Å². The van der Waals surface area contributed by atoms with E-state index in [1.54, 1.807) is 12.1 Å². The summed E-state index contributed by atoms with van der Waals surface area (Å²) in [6, 6.07) is 13.9. The molecule has 1 amide bonds. The first-order valence-corrected chi connectivity index (χ1v) is 8.28. The minimum atomic E-state index is -0.495. The number of aromatic nitrogens is 2. The average molecular weight is 350 g/mol. The Balaban J connectivity index is 1.73. The summed E-state index contributed by atoms with van der Waals surface area (Å²) in [5, 5.41) is 5.67. The van der Waals surface area contributed by atoms with Gasteiger partial charge >= 0.3 is 0 Å². The van der Waals surface area contributed by atoms with Gasteiger partial charge in [-0.2, -0.15) is 0 Å². The highest BCUT2D eigenvalue weighted by atomic mass is 19.1. The number of hydrogen-bond acceptors (Lipinski definition) is 4. The van der Waals surface area contributed by atoms with Gasteiger partial charge in [0.05, 0.1) is 11.3 Å². The number of rotatable bonds is 5. The van der Waals surface area contributed by atoms with Crippen LogP contribution in [0.4, 0.5) is 21.7 Å². The second-order valence-electron chi connectivity index (χ2n) is 6.10. The molecule has 0 aliphatic rings. The van der Waals surface area contributed by atoms with Crippen LogP contribution in [0.25, 0.3) is 0 Å². The van der Waals surface area contributed by atoms with Crippen molar-refractivity contribution in [2.24, 2.45) is 0 Å². The molecule has 0 spiro atoms. The van der Waals surface area contributed by atoms with E-state index < -0.39 is 11.7 Å². The molecule has 26 heavy (non-hydrogen) atoms. The van der Waals surface area contributed by atoms with E-state index in [9.17, 15) is 9.18 Å². The molecule has 1 aromatic heterocycles. The van der Waals surface area contributed by atoms with Crippen molar-refractivity contribution < 1.29 is 9.18 Å². The number of para-hydroxylation sites is 2. The molecule has 2 N–H and O–H groups in total. The highest BCUT2D eigenvalue weighted by molar-refractivity contribution is 6.03. The van der Waals surface area contributed by atoms with E-state index in [2.05, 4.69) is 34.4 Å². The summed E-state index contributed by atoms with van der Waals surface area (Å²) in [6.07, 6.45) is 2.81. The molecule has 2 aromatic carbocycles. The number of amides is 1. The van der Waals surface area contributed by atoms with E-state index in [4.69, 9.17) is 0 Å². The summed E-state index contributed by atoms with van der Waals surface area (Å²) in [7, 11) is 0. The van der Waals surface area contributed by atoms with Crippen LogP contribution in [0.15, 0.2) is 60.9 Å². The van der Waals surface area contributed by atoms with Crippen molar-refractivity contribution in [3.63, 3.8) is 0 Å². The molecule has 132 valence electrons. The van der Waals surface area contributed by atoms with Gasteiger partial charge in [0.2, 0.25) is 5.95 Å². The molecule has 0 aliphatic heterocycles. The van der Waals surface area contributed by atoms with Crippen LogP contribution in [-0.4, -0.2) is 15.9 Å². The molecule has 0 fully saturated rings. The van der Waals surface area contributed by atoms with E-state index in [1.807, 2.05) is 24.3 Å². The summed E-state index contributed by atoms with van der Waals surface area (Å²) in [5.74, 6) is -0.223. The topological polar surface area (TPSA) is 66.9 Å². The Hall–Kier alpha value is -3.28. The third-order valence-corrected chi connectivity index (χ3v) is 3.87. The molecule has 0 bridgehead atoms. The van der Waals surface area contributed by atoms with Gasteiger partial charge in [0, 0.05) is 18.1 Å². The quantitative estimate of drug-likeness (QED) is 0.698. The third-order valence-electron chi connectivity index (χ3n) is 3.87. The Morgan fingerprint density at radius 1 is 0.962 bits per heavy atom. The molecule has 0 radical (unpaired) electrons. The number of carbonyl (C=O) groups excluding carboxylic acids is 1. The average Bonchev–Trinajstić information content (AvgIpc) is 2.64. The fourth-order valence-corrected chi connectivity index (χ4v) is 2.50.